The summed E-state index contributed by atoms with van der Waals surface area (Å²) < 4.78 is 39.8. The molecule has 0 aromatic heterocycles. The molecule has 0 aliphatic carbocycles. The number of benzene rings is 1. The second kappa shape index (κ2) is 4.94. The predicted molar refractivity (Wildman–Crippen MR) is 50.7 cm³/mol. The van der Waals surface area contributed by atoms with Crippen LogP contribution in [-0.2, 0) is 11.2 Å². The Kier molecular flexibility index (Phi) is 3.82. The van der Waals surface area contributed by atoms with Gasteiger partial charge in [-0.2, -0.15) is 0 Å². The first kappa shape index (κ1) is 13.1. The molecule has 4 nitrogen and oxygen atoms in total. The van der Waals surface area contributed by atoms with E-state index in [0.29, 0.717) is 0 Å². The quantitative estimate of drug-likeness (QED) is 0.860. The van der Waals surface area contributed by atoms with Gasteiger partial charge in [0.2, 0.25) is 0 Å². The van der Waals surface area contributed by atoms with Crippen LogP contribution in [0.25, 0.3) is 0 Å². The molecule has 17 heavy (non-hydrogen) atoms. The number of rotatable bonds is 4. The number of carbonyl (C=O) groups is 1. The van der Waals surface area contributed by atoms with Crippen LogP contribution in [0, 0.1) is 0 Å². The summed E-state index contributed by atoms with van der Waals surface area (Å²) in [4.78, 5) is 10.3. The summed E-state index contributed by atoms with van der Waals surface area (Å²) in [7, 11) is 0. The van der Waals surface area contributed by atoms with Gasteiger partial charge in [0.25, 0.3) is 0 Å². The Morgan fingerprint density at radius 2 is 2.00 bits per heavy atom. The largest absolute Gasteiger partial charge is 0.573 e. The van der Waals surface area contributed by atoms with E-state index in [0.717, 1.165) is 18.2 Å². The molecule has 0 atom stereocenters. The van der Waals surface area contributed by atoms with Crippen molar-refractivity contribution in [2.45, 2.75) is 19.2 Å². The maximum Gasteiger partial charge on any atom is 0.573 e. The Morgan fingerprint density at radius 3 is 2.53 bits per heavy atom. The number of aryl methyl sites for hydroxylation is 1. The molecule has 1 aromatic carbocycles. The minimum atomic E-state index is -4.85. The van der Waals surface area contributed by atoms with Crippen molar-refractivity contribution >= 4 is 5.97 Å². The summed E-state index contributed by atoms with van der Waals surface area (Å²) in [5, 5.41) is 17.6. The third-order valence-corrected chi connectivity index (χ3v) is 1.88. The van der Waals surface area contributed by atoms with Gasteiger partial charge in [-0.15, -0.1) is 13.2 Å². The SMILES string of the molecule is O=C(O)CCc1cc(O)ccc1OC(F)(F)F. The first-order chi connectivity index (χ1) is 7.78. The Hall–Kier alpha value is -1.92. The third-order valence-electron chi connectivity index (χ3n) is 1.88. The van der Waals surface area contributed by atoms with Gasteiger partial charge in [-0.1, -0.05) is 0 Å². The van der Waals surface area contributed by atoms with Crippen molar-refractivity contribution < 1.29 is 32.9 Å². The van der Waals surface area contributed by atoms with Crippen molar-refractivity contribution in [3.8, 4) is 11.5 Å². The molecular formula is C10H9F3O4. The zero-order valence-electron chi connectivity index (χ0n) is 8.49. The van der Waals surface area contributed by atoms with Gasteiger partial charge < -0.3 is 14.9 Å². The zero-order chi connectivity index (χ0) is 13.1. The highest BCUT2D eigenvalue weighted by Crippen LogP contribution is 2.29. The Bertz CT molecular complexity index is 415. The van der Waals surface area contributed by atoms with Crippen LogP contribution in [0.5, 0.6) is 11.5 Å². The number of aromatic hydroxyl groups is 1. The highest BCUT2D eigenvalue weighted by atomic mass is 19.4. The van der Waals surface area contributed by atoms with Crippen LogP contribution in [0.4, 0.5) is 13.2 Å². The molecule has 0 unspecified atom stereocenters. The first-order valence-electron chi connectivity index (χ1n) is 4.57. The van der Waals surface area contributed by atoms with Gasteiger partial charge in [-0.05, 0) is 30.2 Å². The normalized spacial score (nSPS) is 11.2. The van der Waals surface area contributed by atoms with Crippen LogP contribution in [0.1, 0.15) is 12.0 Å². The fraction of sp³-hybridized carbons (Fsp3) is 0.300. The van der Waals surface area contributed by atoms with Crippen LogP contribution in [0.15, 0.2) is 18.2 Å². The molecule has 0 saturated carbocycles. The van der Waals surface area contributed by atoms with Crippen molar-refractivity contribution in [3.05, 3.63) is 23.8 Å². The molecule has 1 rings (SSSR count). The van der Waals surface area contributed by atoms with Gasteiger partial charge in [0, 0.05) is 6.42 Å². The molecule has 2 N–H and O–H groups in total. The first-order valence-corrected chi connectivity index (χ1v) is 4.57. The molecular weight excluding hydrogens is 241 g/mol. The van der Waals surface area contributed by atoms with E-state index in [2.05, 4.69) is 4.74 Å². The van der Waals surface area contributed by atoms with E-state index in [1.807, 2.05) is 0 Å². The van der Waals surface area contributed by atoms with E-state index in [1.165, 1.54) is 0 Å². The average molecular weight is 250 g/mol. The summed E-state index contributed by atoms with van der Waals surface area (Å²) in [5.74, 6) is -1.90. The fourth-order valence-corrected chi connectivity index (χ4v) is 1.23. The van der Waals surface area contributed by atoms with Crippen LogP contribution < -0.4 is 4.74 Å². The topological polar surface area (TPSA) is 66.8 Å². The Balaban J connectivity index is 2.91. The number of alkyl halides is 3. The second-order valence-corrected chi connectivity index (χ2v) is 3.23. The van der Waals surface area contributed by atoms with Crippen molar-refractivity contribution in [1.82, 2.24) is 0 Å². The number of phenolic OH excluding ortho intramolecular Hbond substituents is 1. The van der Waals surface area contributed by atoms with Crippen LogP contribution in [0.2, 0.25) is 0 Å². The van der Waals surface area contributed by atoms with E-state index in [1.54, 1.807) is 0 Å². The van der Waals surface area contributed by atoms with E-state index < -0.39 is 18.1 Å². The predicted octanol–water partition coefficient (Wildman–Crippen LogP) is 2.31. The van der Waals surface area contributed by atoms with E-state index in [-0.39, 0.29) is 24.2 Å². The Labute approximate surface area is 94.3 Å². The molecule has 0 bridgehead atoms. The molecule has 0 amide bonds. The monoisotopic (exact) mass is 250 g/mol. The molecule has 0 radical (unpaired) electrons. The fourth-order valence-electron chi connectivity index (χ4n) is 1.23. The van der Waals surface area contributed by atoms with Crippen LogP contribution >= 0.6 is 0 Å². The Morgan fingerprint density at radius 1 is 1.35 bits per heavy atom. The number of carboxylic acids is 1. The molecule has 0 heterocycles. The number of halogens is 3. The van der Waals surface area contributed by atoms with Crippen LogP contribution in [0.3, 0.4) is 0 Å². The summed E-state index contributed by atoms with van der Waals surface area (Å²) in [6.07, 6.45) is -5.36. The second-order valence-electron chi connectivity index (χ2n) is 3.23. The number of phenols is 1. The lowest BCUT2D eigenvalue weighted by Gasteiger charge is -2.13. The number of aliphatic carboxylic acids is 1. The molecule has 1 aromatic rings. The van der Waals surface area contributed by atoms with Crippen molar-refractivity contribution in [3.63, 3.8) is 0 Å². The molecule has 0 spiro atoms. The molecule has 0 fully saturated rings. The summed E-state index contributed by atoms with van der Waals surface area (Å²) in [6.45, 7) is 0. The highest BCUT2D eigenvalue weighted by molar-refractivity contribution is 5.67. The number of carboxylic acid groups (broad SMARTS) is 1. The lowest BCUT2D eigenvalue weighted by molar-refractivity contribution is -0.274. The summed E-state index contributed by atoms with van der Waals surface area (Å²) in [5.41, 5.74) is -0.00951. The smallest absolute Gasteiger partial charge is 0.508 e. The standard InChI is InChI=1S/C10H9F3O4/c11-10(12,13)17-8-3-2-7(14)5-6(8)1-4-9(15)16/h2-3,5,14H,1,4H2,(H,15,16). The van der Waals surface area contributed by atoms with Gasteiger partial charge in [0.15, 0.2) is 0 Å². The minimum absolute atomic E-state index is 0.00951. The van der Waals surface area contributed by atoms with Gasteiger partial charge in [-0.25, -0.2) is 0 Å². The zero-order valence-corrected chi connectivity index (χ0v) is 8.49. The van der Waals surface area contributed by atoms with Crippen molar-refractivity contribution in [2.24, 2.45) is 0 Å². The molecule has 94 valence electrons. The van der Waals surface area contributed by atoms with Gasteiger partial charge in [0.1, 0.15) is 11.5 Å². The van der Waals surface area contributed by atoms with Gasteiger partial charge in [-0.3, -0.25) is 4.79 Å². The maximum absolute atomic E-state index is 12.0. The summed E-state index contributed by atoms with van der Waals surface area (Å²) in [6, 6.07) is 3.02. The molecule has 0 saturated heterocycles. The lowest BCUT2D eigenvalue weighted by atomic mass is 10.1. The average Bonchev–Trinajstić information content (AvgIpc) is 2.16. The highest BCUT2D eigenvalue weighted by Gasteiger charge is 2.32. The van der Waals surface area contributed by atoms with Crippen LogP contribution in [-0.4, -0.2) is 22.5 Å². The van der Waals surface area contributed by atoms with E-state index in [9.17, 15) is 18.0 Å². The van der Waals surface area contributed by atoms with E-state index >= 15 is 0 Å². The number of hydrogen-bond donors (Lipinski definition) is 2. The lowest BCUT2D eigenvalue weighted by Crippen LogP contribution is -2.18. The molecule has 0 aliphatic heterocycles. The third kappa shape index (κ3) is 4.62. The summed E-state index contributed by atoms with van der Waals surface area (Å²) >= 11 is 0. The van der Waals surface area contributed by atoms with E-state index in [4.69, 9.17) is 10.2 Å². The molecule has 0 aliphatic rings. The molecule has 7 heteroatoms. The van der Waals surface area contributed by atoms with Gasteiger partial charge >= 0.3 is 12.3 Å². The maximum atomic E-state index is 12.0. The number of ether oxygens (including phenoxy) is 1. The van der Waals surface area contributed by atoms with Gasteiger partial charge in [0.05, 0.1) is 0 Å². The van der Waals surface area contributed by atoms with Crippen molar-refractivity contribution in [1.29, 1.82) is 0 Å². The number of hydrogen-bond acceptors (Lipinski definition) is 3. The van der Waals surface area contributed by atoms with Crippen molar-refractivity contribution in [2.75, 3.05) is 0 Å². The minimum Gasteiger partial charge on any atom is -0.508 e.